The average Bonchev–Trinajstić information content (AvgIpc) is 2.75. The minimum Gasteiger partial charge on any atom is -0.481 e. The van der Waals surface area contributed by atoms with Crippen LogP contribution in [0.5, 0.6) is 0 Å². The molecule has 2 rings (SSSR count). The van der Waals surface area contributed by atoms with Crippen molar-refractivity contribution in [2.24, 2.45) is 5.92 Å². The van der Waals surface area contributed by atoms with Gasteiger partial charge in [-0.1, -0.05) is 11.6 Å². The van der Waals surface area contributed by atoms with Crippen LogP contribution >= 0.6 is 0 Å². The molecule has 2 aliphatic rings. The van der Waals surface area contributed by atoms with Gasteiger partial charge in [-0.2, -0.15) is 0 Å². The van der Waals surface area contributed by atoms with Crippen LogP contribution in [0.2, 0.25) is 0 Å². The molecule has 0 bridgehead atoms. The fraction of sp³-hybridized carbons (Fsp3) is 0.692. The molecule has 100 valence electrons. The monoisotopic (exact) mass is 252 g/mol. The lowest BCUT2D eigenvalue weighted by molar-refractivity contribution is -0.138. The van der Waals surface area contributed by atoms with Gasteiger partial charge in [0.05, 0.1) is 0 Å². The van der Waals surface area contributed by atoms with Crippen LogP contribution in [0.4, 0.5) is 4.79 Å². The van der Waals surface area contributed by atoms with E-state index < -0.39 is 5.97 Å². The van der Waals surface area contributed by atoms with Gasteiger partial charge in [-0.3, -0.25) is 4.79 Å². The van der Waals surface area contributed by atoms with Crippen LogP contribution in [0.15, 0.2) is 11.6 Å². The highest BCUT2D eigenvalue weighted by Crippen LogP contribution is 2.22. The van der Waals surface area contributed by atoms with E-state index in [1.807, 2.05) is 11.8 Å². The number of rotatable bonds is 2. The van der Waals surface area contributed by atoms with E-state index in [4.69, 9.17) is 5.11 Å². The molecule has 2 heterocycles. The molecule has 5 heteroatoms. The molecule has 2 amide bonds. The summed E-state index contributed by atoms with van der Waals surface area (Å²) in [6.45, 7) is 4.80. The second-order valence-electron chi connectivity index (χ2n) is 5.24. The topological polar surface area (TPSA) is 60.9 Å². The number of urea groups is 1. The van der Waals surface area contributed by atoms with Gasteiger partial charge in [0, 0.05) is 32.6 Å². The van der Waals surface area contributed by atoms with Gasteiger partial charge < -0.3 is 14.9 Å². The predicted molar refractivity (Wildman–Crippen MR) is 67.3 cm³/mol. The normalized spacial score (nSPS) is 24.1. The Bertz CT molecular complexity index is 378. The van der Waals surface area contributed by atoms with E-state index in [1.54, 1.807) is 4.90 Å². The molecule has 0 radical (unpaired) electrons. The summed E-state index contributed by atoms with van der Waals surface area (Å²) < 4.78 is 0. The molecule has 0 spiro atoms. The summed E-state index contributed by atoms with van der Waals surface area (Å²) in [6.07, 6.45) is 4.06. The van der Waals surface area contributed by atoms with E-state index in [1.165, 1.54) is 5.57 Å². The van der Waals surface area contributed by atoms with Crippen LogP contribution in [0, 0.1) is 5.92 Å². The van der Waals surface area contributed by atoms with Gasteiger partial charge in [-0.25, -0.2) is 4.79 Å². The zero-order valence-corrected chi connectivity index (χ0v) is 10.8. The molecule has 2 aliphatic heterocycles. The lowest BCUT2D eigenvalue weighted by atomic mass is 10.1. The Morgan fingerprint density at radius 2 is 2.17 bits per heavy atom. The molecule has 1 saturated heterocycles. The van der Waals surface area contributed by atoms with Gasteiger partial charge in [-0.15, -0.1) is 0 Å². The lowest BCUT2D eigenvalue weighted by Crippen LogP contribution is -2.44. The molecule has 0 saturated carbocycles. The average molecular weight is 252 g/mol. The van der Waals surface area contributed by atoms with Crippen LogP contribution in [0.3, 0.4) is 0 Å². The molecule has 1 unspecified atom stereocenters. The summed E-state index contributed by atoms with van der Waals surface area (Å²) >= 11 is 0. The van der Waals surface area contributed by atoms with Crippen LogP contribution in [0.25, 0.3) is 0 Å². The molecule has 1 fully saturated rings. The van der Waals surface area contributed by atoms with E-state index in [-0.39, 0.29) is 18.4 Å². The number of carbonyl (C=O) groups is 2. The Balaban J connectivity index is 1.87. The Kier molecular flexibility index (Phi) is 3.89. The molecular formula is C13H20N2O3. The summed E-state index contributed by atoms with van der Waals surface area (Å²) in [5.74, 6) is -0.654. The summed E-state index contributed by atoms with van der Waals surface area (Å²) in [5, 5.41) is 8.76. The maximum Gasteiger partial charge on any atom is 0.320 e. The third-order valence-electron chi connectivity index (χ3n) is 3.62. The molecule has 5 nitrogen and oxygen atoms in total. The molecule has 18 heavy (non-hydrogen) atoms. The number of amides is 2. The van der Waals surface area contributed by atoms with E-state index in [9.17, 15) is 9.59 Å². The molecule has 0 aromatic carbocycles. The minimum absolute atomic E-state index is 0.0651. The maximum absolute atomic E-state index is 12.3. The summed E-state index contributed by atoms with van der Waals surface area (Å²) in [4.78, 5) is 26.6. The van der Waals surface area contributed by atoms with E-state index >= 15 is 0 Å². The van der Waals surface area contributed by atoms with Crippen molar-refractivity contribution in [1.29, 1.82) is 0 Å². The summed E-state index contributed by atoms with van der Waals surface area (Å²) in [7, 11) is 0. The number of hydrogen-bond acceptors (Lipinski definition) is 2. The number of likely N-dealkylation sites (tertiary alicyclic amines) is 1. The van der Waals surface area contributed by atoms with Gasteiger partial charge in [0.2, 0.25) is 0 Å². The Hall–Kier alpha value is -1.52. The van der Waals surface area contributed by atoms with E-state index in [2.05, 4.69) is 6.08 Å². The zero-order chi connectivity index (χ0) is 13.1. The van der Waals surface area contributed by atoms with Crippen molar-refractivity contribution in [1.82, 2.24) is 9.80 Å². The highest BCUT2D eigenvalue weighted by molar-refractivity contribution is 5.75. The van der Waals surface area contributed by atoms with E-state index in [0.29, 0.717) is 19.6 Å². The van der Waals surface area contributed by atoms with Crippen molar-refractivity contribution in [2.75, 3.05) is 26.2 Å². The largest absolute Gasteiger partial charge is 0.481 e. The number of carboxylic acid groups (broad SMARTS) is 1. The smallest absolute Gasteiger partial charge is 0.320 e. The van der Waals surface area contributed by atoms with Gasteiger partial charge in [0.15, 0.2) is 0 Å². The molecule has 1 atom stereocenters. The second kappa shape index (κ2) is 5.42. The second-order valence-corrected chi connectivity index (χ2v) is 5.24. The first kappa shape index (κ1) is 12.9. The third-order valence-corrected chi connectivity index (χ3v) is 3.62. The van der Waals surface area contributed by atoms with Crippen LogP contribution in [-0.2, 0) is 4.79 Å². The molecular weight excluding hydrogens is 232 g/mol. The number of hydrogen-bond donors (Lipinski definition) is 1. The summed E-state index contributed by atoms with van der Waals surface area (Å²) in [5.41, 5.74) is 1.23. The molecule has 0 aromatic heterocycles. The number of carbonyl (C=O) groups excluding carboxylic acids is 1. The van der Waals surface area contributed by atoms with Crippen molar-refractivity contribution >= 4 is 12.0 Å². The van der Waals surface area contributed by atoms with Gasteiger partial charge in [-0.05, 0) is 25.7 Å². The first-order chi connectivity index (χ1) is 8.56. The van der Waals surface area contributed by atoms with E-state index in [0.717, 1.165) is 19.4 Å². The maximum atomic E-state index is 12.3. The number of nitrogens with zero attached hydrogens (tertiary/aromatic N) is 2. The molecule has 1 N–H and O–H groups in total. The molecule has 0 aliphatic carbocycles. The fourth-order valence-electron chi connectivity index (χ4n) is 2.69. The van der Waals surface area contributed by atoms with Crippen molar-refractivity contribution in [3.8, 4) is 0 Å². The van der Waals surface area contributed by atoms with Crippen LogP contribution in [-0.4, -0.2) is 53.1 Å². The fourth-order valence-corrected chi connectivity index (χ4v) is 2.69. The van der Waals surface area contributed by atoms with Gasteiger partial charge in [0.25, 0.3) is 0 Å². The van der Waals surface area contributed by atoms with Crippen LogP contribution in [0.1, 0.15) is 26.2 Å². The zero-order valence-electron chi connectivity index (χ0n) is 10.8. The minimum atomic E-state index is -0.772. The highest BCUT2D eigenvalue weighted by Gasteiger charge is 2.30. The van der Waals surface area contributed by atoms with Gasteiger partial charge >= 0.3 is 12.0 Å². The lowest BCUT2D eigenvalue weighted by Gasteiger charge is -2.30. The van der Waals surface area contributed by atoms with Crippen molar-refractivity contribution in [3.63, 3.8) is 0 Å². The number of carboxylic acids is 1. The van der Waals surface area contributed by atoms with Gasteiger partial charge in [0.1, 0.15) is 0 Å². The third kappa shape index (κ3) is 3.03. The quantitative estimate of drug-likeness (QED) is 0.759. The Labute approximate surface area is 107 Å². The first-order valence-corrected chi connectivity index (χ1v) is 6.47. The number of aliphatic carboxylic acids is 1. The Morgan fingerprint density at radius 3 is 2.83 bits per heavy atom. The van der Waals surface area contributed by atoms with Crippen LogP contribution < -0.4 is 0 Å². The van der Waals surface area contributed by atoms with Crippen molar-refractivity contribution < 1.29 is 14.7 Å². The standard InChI is InChI=1S/C13H20N2O3/c1-10-3-2-5-14(8-10)13(18)15-6-4-11(9-15)7-12(16)17/h3,11H,2,4-9H2,1H3,(H,16,17). The van der Waals surface area contributed by atoms with Crippen molar-refractivity contribution in [3.05, 3.63) is 11.6 Å². The Morgan fingerprint density at radius 1 is 1.39 bits per heavy atom. The first-order valence-electron chi connectivity index (χ1n) is 6.47. The highest BCUT2D eigenvalue weighted by atomic mass is 16.4. The SMILES string of the molecule is CC1=CCCN(C(=O)N2CCC(CC(=O)O)C2)C1. The predicted octanol–water partition coefficient (Wildman–Crippen LogP) is 1.56. The molecule has 0 aromatic rings. The summed E-state index contributed by atoms with van der Waals surface area (Å²) in [6, 6.07) is 0.0651. The van der Waals surface area contributed by atoms with Crippen molar-refractivity contribution in [2.45, 2.75) is 26.2 Å².